The normalized spacial score (nSPS) is 14.0. The number of carbonyl (C=O) groups is 1. The number of amides is 1. The first-order valence-corrected chi connectivity index (χ1v) is 9.74. The number of hydrogen-bond acceptors (Lipinski definition) is 4. The van der Waals surface area contributed by atoms with Crippen molar-refractivity contribution in [3.8, 4) is 11.3 Å². The molecule has 0 spiro atoms. The fraction of sp³-hybridized carbons (Fsp3) is 0.333. The van der Waals surface area contributed by atoms with E-state index in [4.69, 9.17) is 0 Å². The quantitative estimate of drug-likeness (QED) is 0.599. The van der Waals surface area contributed by atoms with Gasteiger partial charge in [0.2, 0.25) is 0 Å². The number of alkyl halides is 3. The van der Waals surface area contributed by atoms with E-state index in [1.54, 1.807) is 25.2 Å². The Labute approximate surface area is 175 Å². The standard InChI is InChI=1S/C21H19F4N5O/c1-30-17(10-16(29-30)13-4-6-14(22)7-5-13)20(31)26-9-8-19-27-15(12-2-3-12)11-18(28-19)21(23,24)25/h4-7,10-12H,2-3,8-9H2,1H3,(H,26,31). The van der Waals surface area contributed by atoms with Gasteiger partial charge in [-0.2, -0.15) is 18.3 Å². The molecule has 6 nitrogen and oxygen atoms in total. The van der Waals surface area contributed by atoms with Crippen LogP contribution in [0.25, 0.3) is 11.3 Å². The first-order chi connectivity index (χ1) is 14.7. The molecule has 0 bridgehead atoms. The fourth-order valence-electron chi connectivity index (χ4n) is 3.18. The third-order valence-electron chi connectivity index (χ3n) is 4.96. The Kier molecular flexibility index (Phi) is 5.47. The minimum atomic E-state index is -4.55. The van der Waals surface area contributed by atoms with Crippen LogP contribution in [0.2, 0.25) is 0 Å². The van der Waals surface area contributed by atoms with Crippen LogP contribution in [0.5, 0.6) is 0 Å². The van der Waals surface area contributed by atoms with Crippen molar-refractivity contribution < 1.29 is 22.4 Å². The van der Waals surface area contributed by atoms with E-state index < -0.39 is 17.8 Å². The molecule has 10 heteroatoms. The molecular weight excluding hydrogens is 414 g/mol. The second-order valence-corrected chi connectivity index (χ2v) is 7.42. The minimum Gasteiger partial charge on any atom is -0.350 e. The highest BCUT2D eigenvalue weighted by Gasteiger charge is 2.35. The van der Waals surface area contributed by atoms with E-state index in [0.717, 1.165) is 18.9 Å². The van der Waals surface area contributed by atoms with Gasteiger partial charge in [-0.1, -0.05) is 0 Å². The number of carbonyl (C=O) groups excluding carboxylic acids is 1. The molecule has 1 saturated carbocycles. The number of benzene rings is 1. The summed E-state index contributed by atoms with van der Waals surface area (Å²) >= 11 is 0. The van der Waals surface area contributed by atoms with Crippen molar-refractivity contribution in [2.24, 2.45) is 7.05 Å². The lowest BCUT2D eigenvalue weighted by Crippen LogP contribution is -2.28. The van der Waals surface area contributed by atoms with Crippen molar-refractivity contribution in [1.29, 1.82) is 0 Å². The number of hydrogen-bond donors (Lipinski definition) is 1. The van der Waals surface area contributed by atoms with Crippen LogP contribution in [0, 0.1) is 5.82 Å². The molecule has 162 valence electrons. The number of aryl methyl sites for hydroxylation is 1. The Morgan fingerprint density at radius 3 is 2.52 bits per heavy atom. The highest BCUT2D eigenvalue weighted by atomic mass is 19.4. The number of nitrogens with one attached hydrogen (secondary N) is 1. The van der Waals surface area contributed by atoms with E-state index in [2.05, 4.69) is 20.4 Å². The first-order valence-electron chi connectivity index (χ1n) is 9.74. The van der Waals surface area contributed by atoms with Crippen molar-refractivity contribution >= 4 is 5.91 Å². The average Bonchev–Trinajstić information content (AvgIpc) is 3.50. The molecule has 4 rings (SSSR count). The molecule has 0 aliphatic heterocycles. The van der Waals surface area contributed by atoms with Crippen molar-refractivity contribution in [3.63, 3.8) is 0 Å². The molecule has 2 heterocycles. The molecule has 1 amide bonds. The molecule has 31 heavy (non-hydrogen) atoms. The van der Waals surface area contributed by atoms with Gasteiger partial charge in [0.05, 0.1) is 5.69 Å². The van der Waals surface area contributed by atoms with E-state index in [1.165, 1.54) is 16.8 Å². The second-order valence-electron chi connectivity index (χ2n) is 7.42. The highest BCUT2D eigenvalue weighted by molar-refractivity contribution is 5.93. The van der Waals surface area contributed by atoms with Gasteiger partial charge < -0.3 is 5.32 Å². The van der Waals surface area contributed by atoms with Gasteiger partial charge in [-0.3, -0.25) is 9.48 Å². The third kappa shape index (κ3) is 4.89. The van der Waals surface area contributed by atoms with Gasteiger partial charge in [0.15, 0.2) is 0 Å². The molecule has 0 unspecified atom stereocenters. The SMILES string of the molecule is Cn1nc(-c2ccc(F)cc2)cc1C(=O)NCCc1nc(C2CC2)cc(C(F)(F)F)n1. The molecule has 1 aromatic carbocycles. The van der Waals surface area contributed by atoms with E-state index >= 15 is 0 Å². The van der Waals surface area contributed by atoms with Crippen LogP contribution in [0.3, 0.4) is 0 Å². The lowest BCUT2D eigenvalue weighted by Gasteiger charge is -2.10. The highest BCUT2D eigenvalue weighted by Crippen LogP contribution is 2.40. The van der Waals surface area contributed by atoms with Crippen LogP contribution in [0.15, 0.2) is 36.4 Å². The Bertz CT molecular complexity index is 1100. The summed E-state index contributed by atoms with van der Waals surface area (Å²) in [4.78, 5) is 20.4. The lowest BCUT2D eigenvalue weighted by atomic mass is 10.1. The largest absolute Gasteiger partial charge is 0.433 e. The summed E-state index contributed by atoms with van der Waals surface area (Å²) in [7, 11) is 1.60. The maximum Gasteiger partial charge on any atom is 0.433 e. The van der Waals surface area contributed by atoms with E-state index in [9.17, 15) is 22.4 Å². The van der Waals surface area contributed by atoms with Crippen LogP contribution >= 0.6 is 0 Å². The van der Waals surface area contributed by atoms with Gasteiger partial charge in [0.1, 0.15) is 23.0 Å². The molecule has 0 saturated heterocycles. The topological polar surface area (TPSA) is 72.7 Å². The number of rotatable bonds is 6. The van der Waals surface area contributed by atoms with Crippen molar-refractivity contribution in [1.82, 2.24) is 25.1 Å². The Morgan fingerprint density at radius 1 is 1.16 bits per heavy atom. The molecular formula is C21H19F4N5O. The molecule has 0 atom stereocenters. The number of halogens is 4. The molecule has 2 aromatic heterocycles. The van der Waals surface area contributed by atoms with Gasteiger partial charge in [0, 0.05) is 37.2 Å². The minimum absolute atomic E-state index is 0.0500. The average molecular weight is 433 g/mol. The summed E-state index contributed by atoms with van der Waals surface area (Å²) in [6.07, 6.45) is -2.84. The summed E-state index contributed by atoms with van der Waals surface area (Å²) in [5.74, 6) is -0.706. The second kappa shape index (κ2) is 8.09. The van der Waals surface area contributed by atoms with Gasteiger partial charge in [0.25, 0.3) is 5.91 Å². The predicted molar refractivity (Wildman–Crippen MR) is 104 cm³/mol. The van der Waals surface area contributed by atoms with Gasteiger partial charge in [-0.05, 0) is 49.2 Å². The number of nitrogens with zero attached hydrogens (tertiary/aromatic N) is 4. The summed E-state index contributed by atoms with van der Waals surface area (Å²) in [5, 5.41) is 6.92. The molecule has 1 fully saturated rings. The summed E-state index contributed by atoms with van der Waals surface area (Å²) in [6.45, 7) is 0.0707. The van der Waals surface area contributed by atoms with Gasteiger partial charge in [-0.25, -0.2) is 14.4 Å². The zero-order valence-corrected chi connectivity index (χ0v) is 16.6. The maximum absolute atomic E-state index is 13.1. The van der Waals surface area contributed by atoms with Crippen molar-refractivity contribution in [2.75, 3.05) is 6.54 Å². The van der Waals surface area contributed by atoms with Crippen LogP contribution in [0.4, 0.5) is 17.6 Å². The first kappa shape index (κ1) is 21.0. The molecule has 1 N–H and O–H groups in total. The van der Waals surface area contributed by atoms with Crippen LogP contribution in [0.1, 0.15) is 46.5 Å². The zero-order valence-electron chi connectivity index (χ0n) is 16.6. The maximum atomic E-state index is 13.1. The molecule has 1 aliphatic carbocycles. The van der Waals surface area contributed by atoms with Crippen LogP contribution < -0.4 is 5.32 Å². The molecule has 0 radical (unpaired) electrons. The zero-order chi connectivity index (χ0) is 22.2. The fourth-order valence-corrected chi connectivity index (χ4v) is 3.18. The predicted octanol–water partition coefficient (Wildman–Crippen LogP) is 3.88. The van der Waals surface area contributed by atoms with Crippen LogP contribution in [-0.2, 0) is 19.6 Å². The summed E-state index contributed by atoms with van der Waals surface area (Å²) in [6, 6.07) is 8.29. The Balaban J connectivity index is 1.43. The Morgan fingerprint density at radius 2 is 1.87 bits per heavy atom. The number of aromatic nitrogens is 4. The van der Waals surface area contributed by atoms with Crippen LogP contribution in [-0.4, -0.2) is 32.2 Å². The summed E-state index contributed by atoms with van der Waals surface area (Å²) in [5.41, 5.74) is 0.868. The monoisotopic (exact) mass is 433 g/mol. The smallest absolute Gasteiger partial charge is 0.350 e. The third-order valence-corrected chi connectivity index (χ3v) is 4.96. The summed E-state index contributed by atoms with van der Waals surface area (Å²) < 4.78 is 53.8. The lowest BCUT2D eigenvalue weighted by molar-refractivity contribution is -0.141. The molecule has 1 aliphatic rings. The molecule has 3 aromatic rings. The van der Waals surface area contributed by atoms with E-state index in [-0.39, 0.29) is 36.2 Å². The van der Waals surface area contributed by atoms with E-state index in [1.807, 2.05) is 0 Å². The van der Waals surface area contributed by atoms with Gasteiger partial charge >= 0.3 is 6.18 Å². The Hall–Kier alpha value is -3.30. The van der Waals surface area contributed by atoms with Gasteiger partial charge in [-0.15, -0.1) is 0 Å². The van der Waals surface area contributed by atoms with E-state index in [0.29, 0.717) is 17.0 Å². The van der Waals surface area contributed by atoms with Crippen molar-refractivity contribution in [2.45, 2.75) is 31.4 Å². The van der Waals surface area contributed by atoms with Crippen molar-refractivity contribution in [3.05, 3.63) is 65.1 Å².